The van der Waals surface area contributed by atoms with E-state index >= 15 is 0 Å². The molecule has 0 radical (unpaired) electrons. The van der Waals surface area contributed by atoms with Gasteiger partial charge in [-0.15, -0.1) is 11.8 Å². The van der Waals surface area contributed by atoms with Crippen molar-refractivity contribution < 1.29 is 24.2 Å². The van der Waals surface area contributed by atoms with Crippen molar-refractivity contribution in [1.82, 2.24) is 4.90 Å². The number of para-hydroxylation sites is 1. The number of carbonyl (C=O) groups is 3. The maximum atomic E-state index is 14.9. The molecule has 4 aliphatic heterocycles. The molecule has 2 aromatic rings. The molecule has 0 aliphatic carbocycles. The van der Waals surface area contributed by atoms with E-state index in [1.165, 1.54) is 11.8 Å². The molecule has 1 N–H and O–H groups in total. The average molecular weight is 650 g/mol. The topological polar surface area (TPSA) is 90.4 Å². The summed E-state index contributed by atoms with van der Waals surface area (Å²) < 4.78 is 3.83. The van der Waals surface area contributed by atoms with Crippen LogP contribution in [0.1, 0.15) is 34.1 Å². The molecule has 3 amide bonds. The van der Waals surface area contributed by atoms with Gasteiger partial charge in [0.2, 0.25) is 11.8 Å². The Labute approximate surface area is 274 Å². The minimum atomic E-state index is -1.04. The first-order valence-electron chi connectivity index (χ1n) is 15.7. The Hall–Kier alpha value is -3.27. The SMILES string of the molecule is CCOc1ccc(N2CC=C[C@@]3(C)S[C@]45C=CCN(c6ccccc6Cl)C(=O)C4N([C@@H](CO)[C@@H](C)CC)C(=O)[C@@H]5[C@H]3C2=O)cc1. The number of amides is 3. The number of carbonyl (C=O) groups excluding carboxylic acids is 3. The van der Waals surface area contributed by atoms with Crippen molar-refractivity contribution in [2.75, 3.05) is 36.1 Å². The summed E-state index contributed by atoms with van der Waals surface area (Å²) in [5.74, 6) is -1.62. The molecule has 2 fully saturated rings. The van der Waals surface area contributed by atoms with E-state index in [-0.39, 0.29) is 36.8 Å². The molecule has 8 nitrogen and oxygen atoms in total. The lowest BCUT2D eigenvalue weighted by atomic mass is 9.74. The molecule has 4 aliphatic rings. The third-order valence-electron chi connectivity index (χ3n) is 9.94. The van der Waals surface area contributed by atoms with Gasteiger partial charge >= 0.3 is 0 Å². The van der Waals surface area contributed by atoms with Crippen molar-refractivity contribution in [3.8, 4) is 5.75 Å². The van der Waals surface area contributed by atoms with Gasteiger partial charge in [0, 0.05) is 23.5 Å². The number of halogens is 1. The Balaban J connectivity index is 1.48. The Morgan fingerprint density at radius 1 is 0.956 bits per heavy atom. The van der Waals surface area contributed by atoms with Crippen LogP contribution in [-0.4, -0.2) is 75.6 Å². The van der Waals surface area contributed by atoms with Crippen LogP contribution < -0.4 is 14.5 Å². The third-order valence-corrected chi connectivity index (χ3v) is 12.1. The summed E-state index contributed by atoms with van der Waals surface area (Å²) in [6.07, 6.45) is 8.67. The Kier molecular flexibility index (Phi) is 8.56. The molecule has 0 saturated carbocycles. The highest BCUT2D eigenvalue weighted by atomic mass is 35.5. The smallest absolute Gasteiger partial charge is 0.251 e. The number of aliphatic hydroxyl groups excluding tert-OH is 1. The van der Waals surface area contributed by atoms with Gasteiger partial charge in [0.15, 0.2) is 0 Å². The van der Waals surface area contributed by atoms with E-state index < -0.39 is 33.4 Å². The van der Waals surface area contributed by atoms with Crippen molar-refractivity contribution >= 4 is 52.5 Å². The standard InChI is InChI=1S/C35H40ClN3O5S/c1-5-22(3)27(21-40)39-30-33(43)38(26-12-8-7-11-25(26)36)20-10-18-35(30)29(32(39)42)28-31(41)37(19-9-17-34(28,4)45-35)23-13-15-24(16-14-23)44-6-2/h7-18,22,27-30,40H,5-6,19-21H2,1-4H3/t22-,27-,28-,29-,30?,34+,35-/m0/s1. The van der Waals surface area contributed by atoms with Gasteiger partial charge in [-0.3, -0.25) is 14.4 Å². The summed E-state index contributed by atoms with van der Waals surface area (Å²) in [4.78, 5) is 49.5. The van der Waals surface area contributed by atoms with Crippen molar-refractivity contribution in [2.45, 2.75) is 55.7 Å². The van der Waals surface area contributed by atoms with Gasteiger partial charge in [0.25, 0.3) is 5.91 Å². The van der Waals surface area contributed by atoms with Gasteiger partial charge in [0.05, 0.1) is 46.5 Å². The molecular formula is C35H40ClN3O5S. The van der Waals surface area contributed by atoms with Gasteiger partial charge in [-0.25, -0.2) is 0 Å². The van der Waals surface area contributed by atoms with Crippen LogP contribution in [-0.2, 0) is 14.4 Å². The van der Waals surface area contributed by atoms with E-state index in [1.54, 1.807) is 26.8 Å². The fraction of sp³-hybridized carbons (Fsp3) is 0.457. The lowest BCUT2D eigenvalue weighted by molar-refractivity contribution is -0.143. The second kappa shape index (κ2) is 12.2. The fourth-order valence-corrected chi connectivity index (χ4v) is 10.0. The van der Waals surface area contributed by atoms with Crippen LogP contribution in [0.25, 0.3) is 0 Å². The second-order valence-corrected chi connectivity index (χ2v) is 14.7. The first kappa shape index (κ1) is 31.7. The number of fused-ring (bicyclic) bond motifs is 2. The summed E-state index contributed by atoms with van der Waals surface area (Å²) in [6, 6.07) is 13.1. The zero-order valence-corrected chi connectivity index (χ0v) is 27.6. The lowest BCUT2D eigenvalue weighted by Crippen LogP contribution is -2.58. The molecule has 7 atom stereocenters. The number of anilines is 2. The van der Waals surface area contributed by atoms with Crippen LogP contribution in [0.15, 0.2) is 72.8 Å². The van der Waals surface area contributed by atoms with Crippen LogP contribution >= 0.6 is 23.4 Å². The summed E-state index contributed by atoms with van der Waals surface area (Å²) in [5, 5.41) is 11.1. The van der Waals surface area contributed by atoms with Crippen molar-refractivity contribution in [3.05, 3.63) is 77.9 Å². The molecule has 2 saturated heterocycles. The minimum absolute atomic E-state index is 0.0786. The van der Waals surface area contributed by atoms with E-state index in [1.807, 2.05) is 88.4 Å². The summed E-state index contributed by atoms with van der Waals surface area (Å²) >= 11 is 8.14. The van der Waals surface area contributed by atoms with Crippen LogP contribution in [0.3, 0.4) is 0 Å². The minimum Gasteiger partial charge on any atom is -0.494 e. The molecular weight excluding hydrogens is 610 g/mol. The lowest BCUT2D eigenvalue weighted by Gasteiger charge is -2.41. The summed E-state index contributed by atoms with van der Waals surface area (Å²) in [6.45, 7) is 8.81. The fourth-order valence-electron chi connectivity index (χ4n) is 7.64. The van der Waals surface area contributed by atoms with Gasteiger partial charge in [-0.05, 0) is 56.2 Å². The van der Waals surface area contributed by atoms with Crippen LogP contribution in [0.5, 0.6) is 5.75 Å². The predicted molar refractivity (Wildman–Crippen MR) is 179 cm³/mol. The van der Waals surface area contributed by atoms with Crippen LogP contribution in [0, 0.1) is 17.8 Å². The number of nitrogens with zero attached hydrogens (tertiary/aromatic N) is 3. The van der Waals surface area contributed by atoms with E-state index in [2.05, 4.69) is 0 Å². The number of aliphatic hydroxyl groups is 1. The van der Waals surface area contributed by atoms with Gasteiger partial charge < -0.3 is 24.5 Å². The quantitative estimate of drug-likeness (QED) is 0.389. The van der Waals surface area contributed by atoms with Gasteiger partial charge in [0.1, 0.15) is 11.8 Å². The molecule has 1 unspecified atom stereocenters. The van der Waals surface area contributed by atoms with Gasteiger partial charge in [-0.2, -0.15) is 0 Å². The number of benzene rings is 2. The normalized spacial score (nSPS) is 30.5. The van der Waals surface area contributed by atoms with E-state index in [9.17, 15) is 19.5 Å². The molecule has 6 rings (SSSR count). The largest absolute Gasteiger partial charge is 0.494 e. The number of likely N-dealkylation sites (tertiary alicyclic amines) is 1. The third kappa shape index (κ3) is 4.98. The molecule has 10 heteroatoms. The van der Waals surface area contributed by atoms with Crippen molar-refractivity contribution in [3.63, 3.8) is 0 Å². The van der Waals surface area contributed by atoms with Crippen molar-refractivity contribution in [2.24, 2.45) is 17.8 Å². The molecule has 4 heterocycles. The number of thioether (sulfide) groups is 1. The zero-order chi connectivity index (χ0) is 32.1. The van der Waals surface area contributed by atoms with Gasteiger partial charge in [-0.1, -0.05) is 68.3 Å². The maximum Gasteiger partial charge on any atom is 0.251 e. The Morgan fingerprint density at radius 3 is 2.31 bits per heavy atom. The first-order valence-corrected chi connectivity index (χ1v) is 16.9. The van der Waals surface area contributed by atoms with Crippen molar-refractivity contribution in [1.29, 1.82) is 0 Å². The molecule has 2 aromatic carbocycles. The predicted octanol–water partition coefficient (Wildman–Crippen LogP) is 5.34. The van der Waals surface area contributed by atoms with E-state index in [0.717, 1.165) is 0 Å². The number of hydrogen-bond donors (Lipinski definition) is 1. The monoisotopic (exact) mass is 649 g/mol. The molecule has 0 bridgehead atoms. The molecule has 45 heavy (non-hydrogen) atoms. The molecule has 238 valence electrons. The molecule has 0 aromatic heterocycles. The van der Waals surface area contributed by atoms with Crippen LogP contribution in [0.2, 0.25) is 5.02 Å². The highest BCUT2D eigenvalue weighted by Gasteiger charge is 2.74. The Morgan fingerprint density at radius 2 is 1.64 bits per heavy atom. The zero-order valence-electron chi connectivity index (χ0n) is 26.1. The first-order chi connectivity index (χ1) is 21.6. The highest BCUT2D eigenvalue weighted by molar-refractivity contribution is 8.02. The average Bonchev–Trinajstić information content (AvgIpc) is 3.30. The van der Waals surface area contributed by atoms with Crippen LogP contribution in [0.4, 0.5) is 11.4 Å². The second-order valence-electron chi connectivity index (χ2n) is 12.5. The molecule has 1 spiro atoms. The highest BCUT2D eigenvalue weighted by Crippen LogP contribution is 2.66. The van der Waals surface area contributed by atoms with E-state index in [0.29, 0.717) is 41.7 Å². The number of hydrogen-bond acceptors (Lipinski definition) is 6. The summed E-state index contributed by atoms with van der Waals surface area (Å²) in [5.41, 5.74) is 1.28. The number of rotatable bonds is 8. The number of ether oxygens (including phenoxy) is 1. The van der Waals surface area contributed by atoms with E-state index in [4.69, 9.17) is 16.3 Å². The maximum absolute atomic E-state index is 14.9. The Bertz CT molecular complexity index is 1550. The summed E-state index contributed by atoms with van der Waals surface area (Å²) in [7, 11) is 0.